The fourth-order valence-corrected chi connectivity index (χ4v) is 6.90. The first kappa shape index (κ1) is 23.6. The van der Waals surface area contributed by atoms with Crippen LogP contribution in [-0.4, -0.2) is 75.0 Å². The first-order valence-electron chi connectivity index (χ1n) is 11.8. The van der Waals surface area contributed by atoms with Crippen LogP contribution in [0.15, 0.2) is 29.2 Å². The Hall–Kier alpha value is -1.55. The van der Waals surface area contributed by atoms with Crippen LogP contribution < -0.4 is 5.32 Å². The number of nitrogens with zero attached hydrogens (tertiary/aromatic N) is 2. The van der Waals surface area contributed by atoms with E-state index in [-0.39, 0.29) is 28.8 Å². The number of hydrogen-bond donors (Lipinski definition) is 1. The summed E-state index contributed by atoms with van der Waals surface area (Å²) in [5.74, 6) is -0.914. The number of benzene rings is 1. The topological polar surface area (TPSA) is 79.0 Å². The van der Waals surface area contributed by atoms with Gasteiger partial charge in [0.2, 0.25) is 15.9 Å². The highest BCUT2D eigenvalue weighted by Crippen LogP contribution is 2.34. The molecule has 0 spiro atoms. The number of ether oxygens (including phenoxy) is 1. The number of morpholine rings is 1. The Morgan fingerprint density at radius 3 is 2.44 bits per heavy atom. The molecule has 0 bridgehead atoms. The van der Waals surface area contributed by atoms with Crippen LogP contribution in [0.3, 0.4) is 0 Å². The van der Waals surface area contributed by atoms with E-state index >= 15 is 0 Å². The zero-order valence-electron chi connectivity index (χ0n) is 18.6. The summed E-state index contributed by atoms with van der Waals surface area (Å²) >= 11 is 0. The minimum Gasteiger partial charge on any atom is -0.379 e. The fourth-order valence-electron chi connectivity index (χ4n) is 5.38. The average molecular weight is 468 g/mol. The molecule has 1 amide bonds. The van der Waals surface area contributed by atoms with E-state index in [0.29, 0.717) is 25.9 Å². The van der Waals surface area contributed by atoms with E-state index in [2.05, 4.69) is 10.2 Å². The second-order valence-electron chi connectivity index (χ2n) is 9.26. The first-order chi connectivity index (χ1) is 15.4. The number of hydrogen-bond acceptors (Lipinski definition) is 5. The van der Waals surface area contributed by atoms with Gasteiger partial charge in [-0.1, -0.05) is 19.3 Å². The lowest BCUT2D eigenvalue weighted by atomic mass is 9.79. The fraction of sp³-hybridized carbons (Fsp3) is 0.696. The van der Waals surface area contributed by atoms with Gasteiger partial charge in [0.1, 0.15) is 5.82 Å². The third-order valence-corrected chi connectivity index (χ3v) is 9.14. The maximum Gasteiger partial charge on any atom is 0.243 e. The molecule has 0 radical (unpaired) electrons. The van der Waals surface area contributed by atoms with E-state index in [0.717, 1.165) is 51.3 Å². The van der Waals surface area contributed by atoms with Gasteiger partial charge in [-0.2, -0.15) is 4.31 Å². The molecule has 1 aromatic carbocycles. The lowest BCUT2D eigenvalue weighted by molar-refractivity contribution is -0.127. The van der Waals surface area contributed by atoms with Crippen molar-refractivity contribution in [2.45, 2.75) is 55.4 Å². The molecule has 3 fully saturated rings. The molecule has 1 aromatic rings. The molecule has 1 unspecified atom stereocenters. The zero-order valence-corrected chi connectivity index (χ0v) is 19.4. The Morgan fingerprint density at radius 1 is 1.06 bits per heavy atom. The van der Waals surface area contributed by atoms with E-state index in [1.54, 1.807) is 0 Å². The molecule has 2 heterocycles. The van der Waals surface area contributed by atoms with Crippen LogP contribution >= 0.6 is 0 Å². The summed E-state index contributed by atoms with van der Waals surface area (Å²) in [6, 6.07) is 4.86. The zero-order chi connectivity index (χ0) is 22.6. The summed E-state index contributed by atoms with van der Waals surface area (Å²) < 4.78 is 46.1. The van der Waals surface area contributed by atoms with Crippen molar-refractivity contribution < 1.29 is 22.3 Å². The number of carbonyl (C=O) groups is 1. The lowest BCUT2D eigenvalue weighted by Crippen LogP contribution is -2.60. The molecule has 3 aliphatic rings. The number of halogens is 1. The van der Waals surface area contributed by atoms with Crippen LogP contribution in [0.1, 0.15) is 44.9 Å². The van der Waals surface area contributed by atoms with Crippen LogP contribution in [0.25, 0.3) is 0 Å². The van der Waals surface area contributed by atoms with E-state index in [9.17, 15) is 17.6 Å². The highest BCUT2D eigenvalue weighted by Gasteiger charge is 2.40. The van der Waals surface area contributed by atoms with Gasteiger partial charge < -0.3 is 10.1 Å². The van der Waals surface area contributed by atoms with Crippen molar-refractivity contribution in [1.82, 2.24) is 14.5 Å². The molecule has 32 heavy (non-hydrogen) atoms. The smallest absolute Gasteiger partial charge is 0.243 e. The molecule has 178 valence electrons. The maximum absolute atomic E-state index is 13.2. The molecule has 1 N–H and O–H groups in total. The van der Waals surface area contributed by atoms with Gasteiger partial charge in [0.15, 0.2) is 0 Å². The van der Waals surface area contributed by atoms with Crippen molar-refractivity contribution in [3.05, 3.63) is 30.1 Å². The molecule has 1 saturated carbocycles. The standard InChI is InChI=1S/C23H34FN3O4S/c24-20-6-8-21(9-7-20)32(29,30)27-12-4-5-19(17-27)22(28)25-18-23(10-2-1-3-11-23)26-13-15-31-16-14-26/h6-9,19H,1-5,10-18H2,(H,25,28). The number of amides is 1. The van der Waals surface area contributed by atoms with Crippen LogP contribution in [0, 0.1) is 11.7 Å². The monoisotopic (exact) mass is 467 g/mol. The van der Waals surface area contributed by atoms with Crippen molar-refractivity contribution in [1.29, 1.82) is 0 Å². The minimum absolute atomic E-state index is 0.0216. The Kier molecular flexibility index (Phi) is 7.49. The summed E-state index contributed by atoms with van der Waals surface area (Å²) in [5, 5.41) is 3.19. The predicted octanol–water partition coefficient (Wildman–Crippen LogP) is 2.38. The Morgan fingerprint density at radius 2 is 1.75 bits per heavy atom. The van der Waals surface area contributed by atoms with Crippen molar-refractivity contribution >= 4 is 15.9 Å². The molecule has 7 nitrogen and oxygen atoms in total. The summed E-state index contributed by atoms with van der Waals surface area (Å²) in [4.78, 5) is 15.6. The van der Waals surface area contributed by atoms with Crippen LogP contribution in [0.5, 0.6) is 0 Å². The summed E-state index contributed by atoms with van der Waals surface area (Å²) in [7, 11) is -3.75. The molecular weight excluding hydrogens is 433 g/mol. The second-order valence-corrected chi connectivity index (χ2v) is 11.2. The summed E-state index contributed by atoms with van der Waals surface area (Å²) in [5.41, 5.74) is -0.0216. The van der Waals surface area contributed by atoms with E-state index in [1.165, 1.54) is 35.7 Å². The van der Waals surface area contributed by atoms with Gasteiger partial charge in [-0.05, 0) is 49.9 Å². The minimum atomic E-state index is -3.75. The van der Waals surface area contributed by atoms with Gasteiger partial charge >= 0.3 is 0 Å². The van der Waals surface area contributed by atoms with Crippen molar-refractivity contribution in [2.75, 3.05) is 45.9 Å². The van der Waals surface area contributed by atoms with E-state index in [4.69, 9.17) is 4.74 Å². The highest BCUT2D eigenvalue weighted by atomic mass is 32.2. The predicted molar refractivity (Wildman–Crippen MR) is 119 cm³/mol. The SMILES string of the molecule is O=C(NCC1(N2CCOCC2)CCCCC1)C1CCCN(S(=O)(=O)c2ccc(F)cc2)C1. The number of rotatable bonds is 6. The van der Waals surface area contributed by atoms with Crippen LogP contribution in [0.4, 0.5) is 4.39 Å². The van der Waals surface area contributed by atoms with Gasteiger partial charge in [-0.25, -0.2) is 12.8 Å². The van der Waals surface area contributed by atoms with Gasteiger partial charge in [0.05, 0.1) is 24.0 Å². The number of piperidine rings is 1. The largest absolute Gasteiger partial charge is 0.379 e. The Labute approximate surface area is 190 Å². The third-order valence-electron chi connectivity index (χ3n) is 7.26. The Bertz CT molecular complexity index is 881. The van der Waals surface area contributed by atoms with E-state index in [1.807, 2.05) is 0 Å². The molecule has 1 aliphatic carbocycles. The maximum atomic E-state index is 13.2. The second kappa shape index (κ2) is 10.2. The van der Waals surface area contributed by atoms with Gasteiger partial charge in [-0.15, -0.1) is 0 Å². The highest BCUT2D eigenvalue weighted by molar-refractivity contribution is 7.89. The summed E-state index contributed by atoms with van der Waals surface area (Å²) in [6.45, 7) is 4.39. The van der Waals surface area contributed by atoms with Gasteiger partial charge in [0, 0.05) is 38.3 Å². The molecule has 2 saturated heterocycles. The normalized spacial score (nSPS) is 25.3. The number of nitrogens with one attached hydrogen (secondary N) is 1. The first-order valence-corrected chi connectivity index (χ1v) is 13.2. The van der Waals surface area contributed by atoms with Crippen molar-refractivity contribution in [3.63, 3.8) is 0 Å². The van der Waals surface area contributed by atoms with E-state index < -0.39 is 15.8 Å². The van der Waals surface area contributed by atoms with Crippen molar-refractivity contribution in [2.24, 2.45) is 5.92 Å². The van der Waals surface area contributed by atoms with Crippen LogP contribution in [0.2, 0.25) is 0 Å². The molecule has 1 atom stereocenters. The molecule has 2 aliphatic heterocycles. The molecule has 4 rings (SSSR count). The number of carbonyl (C=O) groups excluding carboxylic acids is 1. The average Bonchev–Trinajstić information content (AvgIpc) is 2.84. The Balaban J connectivity index is 1.40. The van der Waals surface area contributed by atoms with Crippen LogP contribution in [-0.2, 0) is 19.6 Å². The van der Waals surface area contributed by atoms with Gasteiger partial charge in [0.25, 0.3) is 0 Å². The quantitative estimate of drug-likeness (QED) is 0.695. The molecule has 0 aromatic heterocycles. The summed E-state index contributed by atoms with van der Waals surface area (Å²) in [6.07, 6.45) is 7.02. The number of sulfonamides is 1. The van der Waals surface area contributed by atoms with Gasteiger partial charge in [-0.3, -0.25) is 9.69 Å². The molecular formula is C23H34FN3O4S. The molecule has 9 heteroatoms. The van der Waals surface area contributed by atoms with Crippen molar-refractivity contribution in [3.8, 4) is 0 Å². The lowest BCUT2D eigenvalue weighted by Gasteiger charge is -2.48. The third kappa shape index (κ3) is 5.16.